The molecule has 0 unspecified atom stereocenters. The zero-order chi connectivity index (χ0) is 22.4. The summed E-state index contributed by atoms with van der Waals surface area (Å²) in [6, 6.07) is 8.12. The zero-order valence-corrected chi connectivity index (χ0v) is 18.6. The summed E-state index contributed by atoms with van der Waals surface area (Å²) in [4.78, 5) is 27.1. The number of nitrogens with zero attached hydrogens (tertiary/aromatic N) is 1. The van der Waals surface area contributed by atoms with E-state index in [1.807, 2.05) is 49.3 Å². The van der Waals surface area contributed by atoms with E-state index in [0.29, 0.717) is 0 Å². The van der Waals surface area contributed by atoms with Gasteiger partial charge >= 0.3 is 11.9 Å². The lowest BCUT2D eigenvalue weighted by molar-refractivity contribution is 0.0557. The molecule has 1 heterocycles. The number of rotatable bonds is 7. The molecule has 1 aliphatic carbocycles. The Hall–Kier alpha value is -3.22. The second kappa shape index (κ2) is 10.2. The van der Waals surface area contributed by atoms with Crippen molar-refractivity contribution >= 4 is 35.7 Å². The lowest BCUT2D eigenvalue weighted by Gasteiger charge is -2.22. The van der Waals surface area contributed by atoms with E-state index in [1.165, 1.54) is 20.6 Å². The Morgan fingerprint density at radius 3 is 2.16 bits per heavy atom. The minimum atomic E-state index is -0.650. The Morgan fingerprint density at radius 2 is 1.58 bits per heavy atom. The van der Waals surface area contributed by atoms with Crippen LogP contribution >= 0.6 is 0 Å². The lowest BCUT2D eigenvalue weighted by atomic mass is 9.95. The van der Waals surface area contributed by atoms with Crippen LogP contribution in [0.1, 0.15) is 64.1 Å². The third kappa shape index (κ3) is 5.29. The van der Waals surface area contributed by atoms with Crippen LogP contribution in [0.5, 0.6) is 0 Å². The summed E-state index contributed by atoms with van der Waals surface area (Å²) >= 11 is 0. The number of anilines is 2. The van der Waals surface area contributed by atoms with Crippen LogP contribution in [0.4, 0.5) is 11.6 Å². The summed E-state index contributed by atoms with van der Waals surface area (Å²) in [5.41, 5.74) is 2.15. The van der Waals surface area contributed by atoms with Crippen LogP contribution in [-0.2, 0) is 9.47 Å². The molecule has 166 valence electrons. The molecule has 0 saturated heterocycles. The zero-order valence-electron chi connectivity index (χ0n) is 18.6. The summed E-state index contributed by atoms with van der Waals surface area (Å²) in [5.74, 6) is -0.787. The monoisotopic (exact) mass is 426 g/mol. The molecule has 31 heavy (non-hydrogen) atoms. The maximum Gasteiger partial charge on any atom is 0.344 e. The summed E-state index contributed by atoms with van der Waals surface area (Å²) in [6.45, 7) is 0. The number of hydrogen-bond acceptors (Lipinski definition) is 7. The number of methoxy groups -OCH3 is 2. The second-order valence-electron chi connectivity index (χ2n) is 7.83. The van der Waals surface area contributed by atoms with Gasteiger partial charge in [0.2, 0.25) is 5.88 Å². The number of nitrogens with one attached hydrogen (secondary N) is 1. The molecule has 0 radical (unpaired) electrons. The fraction of sp³-hybridized carbons (Fsp3) is 0.417. The van der Waals surface area contributed by atoms with Crippen LogP contribution in [-0.4, -0.2) is 46.3 Å². The molecule has 0 bridgehead atoms. The van der Waals surface area contributed by atoms with Crippen molar-refractivity contribution in [2.75, 3.05) is 38.5 Å². The largest absolute Gasteiger partial charge is 0.465 e. The summed E-state index contributed by atoms with van der Waals surface area (Å²) in [6.07, 6.45) is 8.91. The third-order valence-electron chi connectivity index (χ3n) is 5.49. The van der Waals surface area contributed by atoms with Gasteiger partial charge in [0, 0.05) is 25.8 Å². The topological polar surface area (TPSA) is 81.0 Å². The second-order valence-corrected chi connectivity index (χ2v) is 7.83. The first-order valence-electron chi connectivity index (χ1n) is 10.5. The standard InChI is InChI=1S/C24H30N2O5/c1-26(2)18-13-10-16(11-14-18)12-15-19-20(23(27)29-3)21(24(28)30-4)22(31-19)25-17-8-6-5-7-9-17/h10-15,17,25H,5-9H2,1-4H3/b15-12+. The van der Waals surface area contributed by atoms with Gasteiger partial charge in [0.1, 0.15) is 16.9 Å². The van der Waals surface area contributed by atoms with Gasteiger partial charge in [0.25, 0.3) is 0 Å². The molecular formula is C24H30N2O5. The van der Waals surface area contributed by atoms with Crippen molar-refractivity contribution in [2.45, 2.75) is 38.1 Å². The molecular weight excluding hydrogens is 396 g/mol. The minimum Gasteiger partial charge on any atom is -0.465 e. The van der Waals surface area contributed by atoms with Gasteiger partial charge in [-0.1, -0.05) is 37.5 Å². The first-order valence-corrected chi connectivity index (χ1v) is 10.5. The quantitative estimate of drug-likeness (QED) is 0.635. The molecule has 1 saturated carbocycles. The normalized spacial score (nSPS) is 14.5. The van der Waals surface area contributed by atoms with Gasteiger partial charge in [-0.3, -0.25) is 0 Å². The van der Waals surface area contributed by atoms with Crippen LogP contribution in [0, 0.1) is 0 Å². The molecule has 0 atom stereocenters. The van der Waals surface area contributed by atoms with Crippen LogP contribution in [0.25, 0.3) is 12.2 Å². The van der Waals surface area contributed by atoms with Gasteiger partial charge in [-0.05, 0) is 36.6 Å². The molecule has 2 aromatic rings. The number of carbonyl (C=O) groups excluding carboxylic acids is 2. The molecule has 0 spiro atoms. The number of esters is 2. The predicted octanol–water partition coefficient (Wildman–Crippen LogP) is 4.83. The molecule has 1 N–H and O–H groups in total. The fourth-order valence-corrected chi connectivity index (χ4v) is 3.76. The van der Waals surface area contributed by atoms with Crippen LogP contribution in [0.15, 0.2) is 28.7 Å². The van der Waals surface area contributed by atoms with E-state index in [1.54, 1.807) is 6.08 Å². The van der Waals surface area contributed by atoms with E-state index >= 15 is 0 Å². The van der Waals surface area contributed by atoms with E-state index < -0.39 is 11.9 Å². The lowest BCUT2D eigenvalue weighted by Crippen LogP contribution is -2.23. The molecule has 0 amide bonds. The van der Waals surface area contributed by atoms with Crippen molar-refractivity contribution in [1.29, 1.82) is 0 Å². The molecule has 1 fully saturated rings. The Bertz CT molecular complexity index is 938. The number of carbonyl (C=O) groups is 2. The number of benzene rings is 1. The third-order valence-corrected chi connectivity index (χ3v) is 5.49. The highest BCUT2D eigenvalue weighted by Crippen LogP contribution is 2.33. The number of hydrogen-bond donors (Lipinski definition) is 1. The van der Waals surface area contributed by atoms with E-state index in [0.717, 1.165) is 36.9 Å². The van der Waals surface area contributed by atoms with Crippen molar-refractivity contribution in [3.63, 3.8) is 0 Å². The Labute approximate surface area is 183 Å². The fourth-order valence-electron chi connectivity index (χ4n) is 3.76. The molecule has 1 aliphatic rings. The van der Waals surface area contributed by atoms with Gasteiger partial charge in [0.15, 0.2) is 0 Å². The number of ether oxygens (including phenoxy) is 2. The van der Waals surface area contributed by atoms with Crippen molar-refractivity contribution in [3.8, 4) is 0 Å². The van der Waals surface area contributed by atoms with Crippen molar-refractivity contribution in [1.82, 2.24) is 0 Å². The molecule has 1 aromatic carbocycles. The predicted molar refractivity (Wildman–Crippen MR) is 122 cm³/mol. The highest BCUT2D eigenvalue weighted by molar-refractivity contribution is 6.08. The molecule has 7 nitrogen and oxygen atoms in total. The maximum absolute atomic E-state index is 12.6. The number of furan rings is 1. The van der Waals surface area contributed by atoms with E-state index in [4.69, 9.17) is 13.9 Å². The minimum absolute atomic E-state index is 0.0637. The molecule has 0 aliphatic heterocycles. The Kier molecular flexibility index (Phi) is 7.39. The van der Waals surface area contributed by atoms with Gasteiger partial charge in [-0.15, -0.1) is 0 Å². The van der Waals surface area contributed by atoms with E-state index in [2.05, 4.69) is 5.32 Å². The van der Waals surface area contributed by atoms with Gasteiger partial charge in [0.05, 0.1) is 14.2 Å². The van der Waals surface area contributed by atoms with E-state index in [9.17, 15) is 9.59 Å². The first-order chi connectivity index (χ1) is 14.9. The molecule has 7 heteroatoms. The molecule has 1 aromatic heterocycles. The Morgan fingerprint density at radius 1 is 0.968 bits per heavy atom. The van der Waals surface area contributed by atoms with Crippen molar-refractivity contribution in [2.24, 2.45) is 0 Å². The summed E-state index contributed by atoms with van der Waals surface area (Å²) < 4.78 is 15.8. The highest BCUT2D eigenvalue weighted by Gasteiger charge is 2.32. The van der Waals surface area contributed by atoms with Gasteiger partial charge in [-0.25, -0.2) is 9.59 Å². The highest BCUT2D eigenvalue weighted by atomic mass is 16.5. The SMILES string of the molecule is COC(=O)c1c(/C=C/c2ccc(N(C)C)cc2)oc(NC2CCCCC2)c1C(=O)OC. The van der Waals surface area contributed by atoms with E-state index in [-0.39, 0.29) is 28.8 Å². The summed E-state index contributed by atoms with van der Waals surface area (Å²) in [7, 11) is 6.51. The van der Waals surface area contributed by atoms with Gasteiger partial charge < -0.3 is 24.1 Å². The van der Waals surface area contributed by atoms with Crippen LogP contribution in [0.2, 0.25) is 0 Å². The maximum atomic E-state index is 12.6. The van der Waals surface area contributed by atoms with Crippen molar-refractivity contribution < 1.29 is 23.5 Å². The summed E-state index contributed by atoms with van der Waals surface area (Å²) in [5, 5.41) is 3.31. The van der Waals surface area contributed by atoms with Crippen LogP contribution < -0.4 is 10.2 Å². The van der Waals surface area contributed by atoms with Crippen LogP contribution in [0.3, 0.4) is 0 Å². The van der Waals surface area contributed by atoms with Crippen molar-refractivity contribution in [3.05, 3.63) is 46.7 Å². The van der Waals surface area contributed by atoms with Gasteiger partial charge in [-0.2, -0.15) is 0 Å². The average Bonchev–Trinajstić information content (AvgIpc) is 3.15. The average molecular weight is 427 g/mol. The molecule has 3 rings (SSSR count). The first kappa shape index (κ1) is 22.5. The Balaban J connectivity index is 1.98. The smallest absolute Gasteiger partial charge is 0.344 e.